The molecular weight excluding hydrogens is 328 g/mol. The third-order valence-electron chi connectivity index (χ3n) is 8.68. The molecule has 4 heteroatoms. The van der Waals surface area contributed by atoms with Gasteiger partial charge in [0.15, 0.2) is 0 Å². The molecule has 0 aromatic heterocycles. The molecule has 0 saturated heterocycles. The van der Waals surface area contributed by atoms with E-state index in [-0.39, 0.29) is 28.8 Å². The molecule has 4 aliphatic rings. The monoisotopic (exact) mass is 359 g/mol. The van der Waals surface area contributed by atoms with Crippen molar-refractivity contribution in [2.75, 3.05) is 0 Å². The van der Waals surface area contributed by atoms with Gasteiger partial charge < -0.3 is 14.6 Å². The van der Waals surface area contributed by atoms with Crippen LogP contribution in [-0.2, 0) is 14.3 Å². The second-order valence-corrected chi connectivity index (χ2v) is 9.73. The minimum absolute atomic E-state index is 0.0335. The molecule has 0 aromatic carbocycles. The molecular formula is C22H31O4-. The van der Waals surface area contributed by atoms with Crippen molar-refractivity contribution in [3.8, 4) is 0 Å². The lowest BCUT2D eigenvalue weighted by Crippen LogP contribution is -2.52. The Labute approximate surface area is 156 Å². The van der Waals surface area contributed by atoms with E-state index in [1.807, 2.05) is 0 Å². The van der Waals surface area contributed by atoms with Gasteiger partial charge in [-0.05, 0) is 73.5 Å². The molecule has 144 valence electrons. The first-order valence-corrected chi connectivity index (χ1v) is 10.3. The van der Waals surface area contributed by atoms with E-state index in [9.17, 15) is 14.7 Å². The average molecular weight is 359 g/mol. The molecule has 0 N–H and O–H groups in total. The number of carboxylic acids is 1. The first-order valence-electron chi connectivity index (χ1n) is 10.3. The maximum atomic E-state index is 11.7. The quantitative estimate of drug-likeness (QED) is 0.561. The largest absolute Gasteiger partial charge is 0.550 e. The molecule has 0 radical (unpaired) electrons. The number of carbonyl (C=O) groups is 2. The fourth-order valence-corrected chi connectivity index (χ4v) is 7.35. The normalized spacial score (nSPS) is 47.2. The van der Waals surface area contributed by atoms with E-state index in [2.05, 4.69) is 19.9 Å². The minimum Gasteiger partial charge on any atom is -0.550 e. The Hall–Kier alpha value is -1.32. The number of hydrogen-bond donors (Lipinski definition) is 0. The highest BCUT2D eigenvalue weighted by Gasteiger charge is 2.58. The number of fused-ring (bicyclic) bond motifs is 5. The summed E-state index contributed by atoms with van der Waals surface area (Å²) in [5.41, 5.74) is 1.59. The van der Waals surface area contributed by atoms with Crippen molar-refractivity contribution in [2.45, 2.75) is 78.2 Å². The summed E-state index contributed by atoms with van der Waals surface area (Å²) in [4.78, 5) is 23.0. The first kappa shape index (κ1) is 18.1. The summed E-state index contributed by atoms with van der Waals surface area (Å²) >= 11 is 0. The van der Waals surface area contributed by atoms with Crippen molar-refractivity contribution >= 4 is 11.9 Å². The van der Waals surface area contributed by atoms with Crippen LogP contribution in [0.5, 0.6) is 0 Å². The van der Waals surface area contributed by atoms with E-state index in [0.29, 0.717) is 17.8 Å². The van der Waals surface area contributed by atoms with E-state index in [1.165, 1.54) is 12.5 Å². The van der Waals surface area contributed by atoms with Crippen molar-refractivity contribution in [1.29, 1.82) is 0 Å². The SMILES string of the molecule is CC(=O)OC1CCC2(C)C(=CCC3C2CCC2(C)C(C(=O)[O-])CCC32)C1. The highest BCUT2D eigenvalue weighted by atomic mass is 16.5. The first-order chi connectivity index (χ1) is 12.3. The summed E-state index contributed by atoms with van der Waals surface area (Å²) in [6.45, 7) is 6.11. The Balaban J connectivity index is 1.59. The van der Waals surface area contributed by atoms with Crippen LogP contribution in [0.25, 0.3) is 0 Å². The third kappa shape index (κ3) is 2.55. The van der Waals surface area contributed by atoms with Gasteiger partial charge in [0.25, 0.3) is 0 Å². The van der Waals surface area contributed by atoms with E-state index < -0.39 is 5.97 Å². The third-order valence-corrected chi connectivity index (χ3v) is 8.68. The molecule has 0 bridgehead atoms. The Morgan fingerprint density at radius 3 is 2.58 bits per heavy atom. The Bertz CT molecular complexity index is 653. The van der Waals surface area contributed by atoms with Gasteiger partial charge >= 0.3 is 5.97 Å². The van der Waals surface area contributed by atoms with Crippen LogP contribution in [0.15, 0.2) is 11.6 Å². The number of esters is 1. The minimum atomic E-state index is -0.839. The van der Waals surface area contributed by atoms with Gasteiger partial charge in [-0.3, -0.25) is 4.79 Å². The van der Waals surface area contributed by atoms with E-state index >= 15 is 0 Å². The Morgan fingerprint density at radius 2 is 1.88 bits per heavy atom. The zero-order chi connectivity index (χ0) is 18.7. The fraction of sp³-hybridized carbons (Fsp3) is 0.818. The summed E-state index contributed by atoms with van der Waals surface area (Å²) in [6, 6.07) is 0. The number of rotatable bonds is 2. The summed E-state index contributed by atoms with van der Waals surface area (Å²) < 4.78 is 5.50. The predicted octanol–water partition coefficient (Wildman–Crippen LogP) is 3.25. The average Bonchev–Trinajstić information content (AvgIpc) is 2.92. The van der Waals surface area contributed by atoms with Gasteiger partial charge in [0.1, 0.15) is 6.10 Å². The zero-order valence-corrected chi connectivity index (χ0v) is 16.3. The summed E-state index contributed by atoms with van der Waals surface area (Å²) in [7, 11) is 0. The molecule has 0 aliphatic heterocycles. The Kier molecular flexibility index (Phi) is 4.24. The lowest BCUT2D eigenvalue weighted by molar-refractivity contribution is -0.315. The molecule has 4 rings (SSSR count). The van der Waals surface area contributed by atoms with E-state index in [4.69, 9.17) is 4.74 Å². The van der Waals surface area contributed by atoms with Crippen LogP contribution in [0.2, 0.25) is 0 Å². The van der Waals surface area contributed by atoms with Crippen LogP contribution in [0.3, 0.4) is 0 Å². The van der Waals surface area contributed by atoms with Crippen molar-refractivity contribution in [3.05, 3.63) is 11.6 Å². The molecule has 7 atom stereocenters. The molecule has 7 unspecified atom stereocenters. The van der Waals surface area contributed by atoms with Gasteiger partial charge in [-0.15, -0.1) is 0 Å². The summed E-state index contributed by atoms with van der Waals surface area (Å²) in [6.07, 6.45) is 10.3. The molecule has 26 heavy (non-hydrogen) atoms. The molecule has 3 saturated carbocycles. The number of ether oxygens (including phenoxy) is 1. The van der Waals surface area contributed by atoms with Gasteiger partial charge in [-0.1, -0.05) is 25.5 Å². The van der Waals surface area contributed by atoms with Gasteiger partial charge in [0.05, 0.1) is 0 Å². The highest BCUT2D eigenvalue weighted by Crippen LogP contribution is 2.66. The summed E-state index contributed by atoms with van der Waals surface area (Å²) in [5.74, 6) is 0.446. The molecule has 0 heterocycles. The molecule has 4 aliphatic carbocycles. The van der Waals surface area contributed by atoms with Crippen molar-refractivity contribution in [3.63, 3.8) is 0 Å². The zero-order valence-electron chi connectivity index (χ0n) is 16.3. The van der Waals surface area contributed by atoms with Gasteiger partial charge in [-0.2, -0.15) is 0 Å². The van der Waals surface area contributed by atoms with Crippen LogP contribution < -0.4 is 5.11 Å². The fourth-order valence-electron chi connectivity index (χ4n) is 7.35. The predicted molar refractivity (Wildman–Crippen MR) is 95.8 cm³/mol. The number of carboxylic acid groups (broad SMARTS) is 1. The van der Waals surface area contributed by atoms with Crippen LogP contribution in [0, 0.1) is 34.5 Å². The van der Waals surface area contributed by atoms with Crippen molar-refractivity contribution in [2.24, 2.45) is 34.5 Å². The maximum Gasteiger partial charge on any atom is 0.302 e. The topological polar surface area (TPSA) is 66.4 Å². The lowest BCUT2D eigenvalue weighted by atomic mass is 9.47. The molecule has 4 nitrogen and oxygen atoms in total. The lowest BCUT2D eigenvalue weighted by Gasteiger charge is -2.58. The number of carbonyl (C=O) groups excluding carboxylic acids is 2. The number of aliphatic carboxylic acids is 1. The molecule has 0 aromatic rings. The molecule has 3 fully saturated rings. The maximum absolute atomic E-state index is 11.7. The second kappa shape index (κ2) is 6.10. The number of hydrogen-bond acceptors (Lipinski definition) is 4. The van der Waals surface area contributed by atoms with Crippen LogP contribution in [0.4, 0.5) is 0 Å². The van der Waals surface area contributed by atoms with Crippen molar-refractivity contribution < 1.29 is 19.4 Å². The van der Waals surface area contributed by atoms with Gasteiger partial charge in [0, 0.05) is 25.2 Å². The van der Waals surface area contributed by atoms with Gasteiger partial charge in [-0.25, -0.2) is 0 Å². The van der Waals surface area contributed by atoms with Crippen molar-refractivity contribution in [1.82, 2.24) is 0 Å². The second-order valence-electron chi connectivity index (χ2n) is 9.73. The number of allylic oxidation sites excluding steroid dienone is 1. The smallest absolute Gasteiger partial charge is 0.302 e. The molecule has 0 amide bonds. The van der Waals surface area contributed by atoms with Crippen LogP contribution in [0.1, 0.15) is 72.1 Å². The standard InChI is InChI=1S/C22H32O4/c1-13(23)26-15-8-10-21(2)14(12-15)4-5-16-17-6-7-19(20(24)25)22(17,3)11-9-18(16)21/h4,15-19H,5-12H2,1-3H3,(H,24,25)/p-1. The molecule has 0 spiro atoms. The van der Waals surface area contributed by atoms with E-state index in [0.717, 1.165) is 51.4 Å². The van der Waals surface area contributed by atoms with E-state index in [1.54, 1.807) is 0 Å². The van der Waals surface area contributed by atoms with Crippen LogP contribution >= 0.6 is 0 Å². The van der Waals surface area contributed by atoms with Crippen LogP contribution in [-0.4, -0.2) is 18.0 Å². The van der Waals surface area contributed by atoms with Gasteiger partial charge in [0.2, 0.25) is 0 Å². The Morgan fingerprint density at radius 1 is 1.12 bits per heavy atom. The highest BCUT2D eigenvalue weighted by molar-refractivity contribution is 5.69. The summed E-state index contributed by atoms with van der Waals surface area (Å²) in [5, 5.41) is 11.7.